The Morgan fingerprint density at radius 1 is 1.32 bits per heavy atom. The maximum atomic E-state index is 3.60. The molecule has 1 N–H and O–H groups in total. The average molecular weight is 260 g/mol. The summed E-state index contributed by atoms with van der Waals surface area (Å²) < 4.78 is 0. The highest BCUT2D eigenvalue weighted by molar-refractivity contribution is 5.54. The highest BCUT2D eigenvalue weighted by atomic mass is 15.2. The lowest BCUT2D eigenvalue weighted by Crippen LogP contribution is -2.29. The van der Waals surface area contributed by atoms with Crippen LogP contribution in [0.2, 0.25) is 0 Å². The van der Waals surface area contributed by atoms with Crippen molar-refractivity contribution in [1.29, 1.82) is 0 Å². The Hall–Kier alpha value is -1.02. The Kier molecular flexibility index (Phi) is 5.26. The van der Waals surface area contributed by atoms with Gasteiger partial charge in [0.25, 0.3) is 0 Å². The predicted molar refractivity (Wildman–Crippen MR) is 83.8 cm³/mol. The quantitative estimate of drug-likeness (QED) is 0.844. The van der Waals surface area contributed by atoms with Crippen molar-refractivity contribution >= 4 is 5.69 Å². The van der Waals surface area contributed by atoms with Gasteiger partial charge in [0.2, 0.25) is 0 Å². The lowest BCUT2D eigenvalue weighted by Gasteiger charge is -2.22. The smallest absolute Gasteiger partial charge is 0.0398 e. The Morgan fingerprint density at radius 3 is 2.84 bits per heavy atom. The summed E-state index contributed by atoms with van der Waals surface area (Å²) in [5, 5.41) is 3.60. The van der Waals surface area contributed by atoms with E-state index in [4.69, 9.17) is 0 Å². The van der Waals surface area contributed by atoms with Crippen LogP contribution < -0.4 is 10.2 Å². The monoisotopic (exact) mass is 260 g/mol. The SMILES string of the molecule is CCc1ccccc1N1CCC(CNCC(C)C)C1. The number of hydrogen-bond donors (Lipinski definition) is 1. The summed E-state index contributed by atoms with van der Waals surface area (Å²) in [6.45, 7) is 11.5. The first-order chi connectivity index (χ1) is 9.20. The van der Waals surface area contributed by atoms with Crippen LogP contribution in [0, 0.1) is 11.8 Å². The number of nitrogens with zero attached hydrogens (tertiary/aromatic N) is 1. The van der Waals surface area contributed by atoms with Gasteiger partial charge in [-0.05, 0) is 49.4 Å². The van der Waals surface area contributed by atoms with Gasteiger partial charge in [-0.15, -0.1) is 0 Å². The van der Waals surface area contributed by atoms with Gasteiger partial charge in [-0.1, -0.05) is 39.0 Å². The summed E-state index contributed by atoms with van der Waals surface area (Å²) in [7, 11) is 0. The maximum absolute atomic E-state index is 3.60. The molecule has 1 fully saturated rings. The normalized spacial score (nSPS) is 19.4. The molecule has 1 aliphatic heterocycles. The lowest BCUT2D eigenvalue weighted by atomic mass is 10.1. The zero-order chi connectivity index (χ0) is 13.7. The highest BCUT2D eigenvalue weighted by Crippen LogP contribution is 2.27. The zero-order valence-electron chi connectivity index (χ0n) is 12.7. The molecule has 0 aromatic heterocycles. The first-order valence-electron chi connectivity index (χ1n) is 7.74. The zero-order valence-corrected chi connectivity index (χ0v) is 12.7. The fraction of sp³-hybridized carbons (Fsp3) is 0.647. The Balaban J connectivity index is 1.87. The average Bonchev–Trinajstić information content (AvgIpc) is 2.87. The maximum Gasteiger partial charge on any atom is 0.0398 e. The van der Waals surface area contributed by atoms with E-state index in [0.29, 0.717) is 0 Å². The van der Waals surface area contributed by atoms with Gasteiger partial charge in [-0.3, -0.25) is 0 Å². The summed E-state index contributed by atoms with van der Waals surface area (Å²) in [5.41, 5.74) is 2.94. The molecular weight excluding hydrogens is 232 g/mol. The van der Waals surface area contributed by atoms with Crippen molar-refractivity contribution in [3.63, 3.8) is 0 Å². The molecule has 0 radical (unpaired) electrons. The van der Waals surface area contributed by atoms with E-state index < -0.39 is 0 Å². The molecule has 2 nitrogen and oxygen atoms in total. The second-order valence-electron chi connectivity index (χ2n) is 6.14. The van der Waals surface area contributed by atoms with Crippen LogP contribution >= 0.6 is 0 Å². The van der Waals surface area contributed by atoms with Crippen LogP contribution in [0.4, 0.5) is 5.69 Å². The molecule has 2 rings (SSSR count). The first kappa shape index (κ1) is 14.4. The van der Waals surface area contributed by atoms with Crippen LogP contribution in [-0.4, -0.2) is 26.2 Å². The number of benzene rings is 1. The van der Waals surface area contributed by atoms with E-state index in [0.717, 1.165) is 24.8 Å². The van der Waals surface area contributed by atoms with Gasteiger partial charge in [0.05, 0.1) is 0 Å². The van der Waals surface area contributed by atoms with E-state index in [1.165, 1.54) is 37.3 Å². The third-order valence-corrected chi connectivity index (χ3v) is 3.98. The molecule has 1 aliphatic rings. The number of anilines is 1. The summed E-state index contributed by atoms with van der Waals surface area (Å²) in [6, 6.07) is 8.86. The third-order valence-electron chi connectivity index (χ3n) is 3.98. The number of rotatable bonds is 6. The van der Waals surface area contributed by atoms with Crippen molar-refractivity contribution < 1.29 is 0 Å². The van der Waals surface area contributed by atoms with Crippen LogP contribution in [0.15, 0.2) is 24.3 Å². The minimum absolute atomic E-state index is 0.748. The number of nitrogens with one attached hydrogen (secondary N) is 1. The molecule has 1 unspecified atom stereocenters. The van der Waals surface area contributed by atoms with Crippen LogP contribution in [0.1, 0.15) is 32.8 Å². The Morgan fingerprint density at radius 2 is 2.11 bits per heavy atom. The molecule has 1 aromatic rings. The predicted octanol–water partition coefficient (Wildman–Crippen LogP) is 3.32. The summed E-state index contributed by atoms with van der Waals surface area (Å²) >= 11 is 0. The van der Waals surface area contributed by atoms with Gasteiger partial charge in [0, 0.05) is 18.8 Å². The van der Waals surface area contributed by atoms with E-state index in [1.807, 2.05) is 0 Å². The Bertz CT molecular complexity index is 387. The molecule has 2 heteroatoms. The van der Waals surface area contributed by atoms with Gasteiger partial charge in [0.15, 0.2) is 0 Å². The number of para-hydroxylation sites is 1. The second kappa shape index (κ2) is 6.95. The van der Waals surface area contributed by atoms with E-state index in [-0.39, 0.29) is 0 Å². The summed E-state index contributed by atoms with van der Waals surface area (Å²) in [6.07, 6.45) is 2.45. The van der Waals surface area contributed by atoms with Gasteiger partial charge < -0.3 is 10.2 Å². The molecule has 0 aliphatic carbocycles. The van der Waals surface area contributed by atoms with E-state index in [2.05, 4.69) is 55.3 Å². The second-order valence-corrected chi connectivity index (χ2v) is 6.14. The van der Waals surface area contributed by atoms with Crippen molar-refractivity contribution in [3.8, 4) is 0 Å². The molecule has 0 amide bonds. The molecular formula is C17H28N2. The minimum Gasteiger partial charge on any atom is -0.371 e. The molecule has 1 aromatic carbocycles. The van der Waals surface area contributed by atoms with Crippen molar-refractivity contribution in [3.05, 3.63) is 29.8 Å². The van der Waals surface area contributed by atoms with E-state index in [1.54, 1.807) is 0 Å². The molecule has 0 bridgehead atoms. The molecule has 0 saturated carbocycles. The lowest BCUT2D eigenvalue weighted by molar-refractivity contribution is 0.477. The van der Waals surface area contributed by atoms with Crippen LogP contribution in [0.3, 0.4) is 0 Å². The van der Waals surface area contributed by atoms with Crippen molar-refractivity contribution in [2.45, 2.75) is 33.6 Å². The molecule has 1 atom stereocenters. The van der Waals surface area contributed by atoms with Crippen molar-refractivity contribution in [2.24, 2.45) is 11.8 Å². The van der Waals surface area contributed by atoms with Crippen molar-refractivity contribution in [1.82, 2.24) is 5.32 Å². The standard InChI is InChI=1S/C17H28N2/c1-4-16-7-5-6-8-17(16)19-10-9-15(13-19)12-18-11-14(2)3/h5-8,14-15,18H,4,9-13H2,1-3H3. The van der Waals surface area contributed by atoms with Gasteiger partial charge in [0.1, 0.15) is 0 Å². The van der Waals surface area contributed by atoms with E-state index in [9.17, 15) is 0 Å². The van der Waals surface area contributed by atoms with Crippen LogP contribution in [0.25, 0.3) is 0 Å². The van der Waals surface area contributed by atoms with Gasteiger partial charge in [-0.2, -0.15) is 0 Å². The van der Waals surface area contributed by atoms with Gasteiger partial charge in [-0.25, -0.2) is 0 Å². The molecule has 106 valence electrons. The Labute approximate surface area is 118 Å². The fourth-order valence-electron chi connectivity index (χ4n) is 2.91. The summed E-state index contributed by atoms with van der Waals surface area (Å²) in [4.78, 5) is 2.57. The minimum atomic E-state index is 0.748. The van der Waals surface area contributed by atoms with Crippen LogP contribution in [-0.2, 0) is 6.42 Å². The third kappa shape index (κ3) is 3.97. The molecule has 1 heterocycles. The summed E-state index contributed by atoms with van der Waals surface area (Å²) in [5.74, 6) is 1.56. The largest absolute Gasteiger partial charge is 0.371 e. The van der Waals surface area contributed by atoms with Crippen LogP contribution in [0.5, 0.6) is 0 Å². The van der Waals surface area contributed by atoms with Crippen molar-refractivity contribution in [2.75, 3.05) is 31.1 Å². The van der Waals surface area contributed by atoms with E-state index >= 15 is 0 Å². The fourth-order valence-corrected chi connectivity index (χ4v) is 2.91. The number of aryl methyl sites for hydroxylation is 1. The molecule has 1 saturated heterocycles. The number of hydrogen-bond acceptors (Lipinski definition) is 2. The first-order valence-corrected chi connectivity index (χ1v) is 7.74. The molecule has 19 heavy (non-hydrogen) atoms. The molecule has 0 spiro atoms. The highest BCUT2D eigenvalue weighted by Gasteiger charge is 2.23. The van der Waals surface area contributed by atoms with Gasteiger partial charge >= 0.3 is 0 Å². The topological polar surface area (TPSA) is 15.3 Å².